The summed E-state index contributed by atoms with van der Waals surface area (Å²) in [6.07, 6.45) is -4.47. The predicted octanol–water partition coefficient (Wildman–Crippen LogP) is 2.03. The number of piperazine rings is 1. The Morgan fingerprint density at radius 3 is 2.90 bits per heavy atom. The largest absolute Gasteiger partial charge is 0.416 e. The van der Waals surface area contributed by atoms with Crippen LogP contribution in [0.4, 0.5) is 23.7 Å². The Balaban J connectivity index is 2.11. The second-order valence-electron chi connectivity index (χ2n) is 4.55. The Morgan fingerprint density at radius 2 is 2.24 bits per heavy atom. The summed E-state index contributed by atoms with van der Waals surface area (Å²) in [6.45, 7) is 1.20. The van der Waals surface area contributed by atoms with Gasteiger partial charge in [-0.3, -0.25) is 0 Å². The smallest absolute Gasteiger partial charge is 0.312 e. The molecule has 0 aliphatic carbocycles. The summed E-state index contributed by atoms with van der Waals surface area (Å²) >= 11 is 0. The highest BCUT2D eigenvalue weighted by Gasteiger charge is 2.31. The van der Waals surface area contributed by atoms with E-state index in [1.807, 2.05) is 6.07 Å². The molecule has 1 aliphatic rings. The van der Waals surface area contributed by atoms with Crippen LogP contribution in [0.25, 0.3) is 0 Å². The zero-order valence-corrected chi connectivity index (χ0v) is 10.9. The standard InChI is InChI=1S/C13H13F3N4O/c14-13(15,16)9-2-1-3-10(6-9)19-12(21)20-5-4-18-8-11(20)7-17/h1-3,6,11,18H,4-5,8H2,(H,19,21). The maximum Gasteiger partial charge on any atom is 0.416 e. The van der Waals surface area contributed by atoms with Crippen LogP contribution in [0.15, 0.2) is 24.3 Å². The van der Waals surface area contributed by atoms with Gasteiger partial charge in [0.2, 0.25) is 0 Å². The average molecular weight is 298 g/mol. The number of halogens is 3. The number of nitriles is 1. The molecule has 1 aliphatic heterocycles. The molecule has 1 aromatic carbocycles. The fraction of sp³-hybridized carbons (Fsp3) is 0.385. The lowest BCUT2D eigenvalue weighted by molar-refractivity contribution is -0.137. The van der Waals surface area contributed by atoms with Crippen LogP contribution in [-0.4, -0.2) is 36.6 Å². The Kier molecular flexibility index (Phi) is 4.33. The van der Waals surface area contributed by atoms with Crippen molar-refractivity contribution in [1.29, 1.82) is 5.26 Å². The van der Waals surface area contributed by atoms with Crippen LogP contribution in [-0.2, 0) is 6.18 Å². The van der Waals surface area contributed by atoms with E-state index >= 15 is 0 Å². The quantitative estimate of drug-likeness (QED) is 0.833. The number of hydrogen-bond acceptors (Lipinski definition) is 3. The van der Waals surface area contributed by atoms with E-state index in [1.54, 1.807) is 0 Å². The van der Waals surface area contributed by atoms with Crippen molar-refractivity contribution in [3.63, 3.8) is 0 Å². The highest BCUT2D eigenvalue weighted by molar-refractivity contribution is 5.90. The molecule has 2 rings (SSSR count). The molecule has 1 fully saturated rings. The third-order valence-corrected chi connectivity index (χ3v) is 3.09. The molecular formula is C13H13F3N4O. The lowest BCUT2D eigenvalue weighted by Gasteiger charge is -2.31. The van der Waals surface area contributed by atoms with Gasteiger partial charge < -0.3 is 15.5 Å². The first kappa shape index (κ1) is 15.1. The van der Waals surface area contributed by atoms with Crippen molar-refractivity contribution >= 4 is 11.7 Å². The number of carbonyl (C=O) groups is 1. The van der Waals surface area contributed by atoms with Gasteiger partial charge in [0.15, 0.2) is 0 Å². The number of urea groups is 1. The molecule has 1 aromatic rings. The molecule has 1 atom stereocenters. The SMILES string of the molecule is N#CC1CNCCN1C(=O)Nc1cccc(C(F)(F)F)c1. The van der Waals surface area contributed by atoms with Crippen molar-refractivity contribution in [2.45, 2.75) is 12.2 Å². The highest BCUT2D eigenvalue weighted by atomic mass is 19.4. The molecule has 0 bridgehead atoms. The van der Waals surface area contributed by atoms with Crippen molar-refractivity contribution in [2.75, 3.05) is 25.0 Å². The molecule has 1 unspecified atom stereocenters. The number of nitrogens with zero attached hydrogens (tertiary/aromatic N) is 2. The monoisotopic (exact) mass is 298 g/mol. The van der Waals surface area contributed by atoms with Gasteiger partial charge >= 0.3 is 12.2 Å². The van der Waals surface area contributed by atoms with Crippen LogP contribution < -0.4 is 10.6 Å². The summed E-state index contributed by atoms with van der Waals surface area (Å²) in [5.41, 5.74) is -0.789. The summed E-state index contributed by atoms with van der Waals surface area (Å²) in [4.78, 5) is 13.4. The predicted molar refractivity (Wildman–Crippen MR) is 69.4 cm³/mol. The van der Waals surface area contributed by atoms with Crippen molar-refractivity contribution in [3.05, 3.63) is 29.8 Å². The van der Waals surface area contributed by atoms with E-state index in [0.29, 0.717) is 19.6 Å². The minimum absolute atomic E-state index is 0.0463. The van der Waals surface area contributed by atoms with E-state index < -0.39 is 23.8 Å². The summed E-state index contributed by atoms with van der Waals surface area (Å²) in [6, 6.07) is 5.15. The van der Waals surface area contributed by atoms with Gasteiger partial charge in [0.1, 0.15) is 6.04 Å². The first-order valence-electron chi connectivity index (χ1n) is 6.27. The molecule has 1 heterocycles. The second kappa shape index (κ2) is 6.01. The van der Waals surface area contributed by atoms with Crippen molar-refractivity contribution in [2.24, 2.45) is 0 Å². The van der Waals surface area contributed by atoms with E-state index in [4.69, 9.17) is 5.26 Å². The number of nitrogens with one attached hydrogen (secondary N) is 2. The minimum atomic E-state index is -4.47. The molecule has 0 aromatic heterocycles. The Labute approximate surface area is 119 Å². The number of benzene rings is 1. The molecule has 8 heteroatoms. The maximum absolute atomic E-state index is 12.6. The molecule has 5 nitrogen and oxygen atoms in total. The van der Waals surface area contributed by atoms with Crippen LogP contribution >= 0.6 is 0 Å². The van der Waals surface area contributed by atoms with Crippen molar-refractivity contribution in [3.8, 4) is 6.07 Å². The maximum atomic E-state index is 12.6. The van der Waals surface area contributed by atoms with Crippen LogP contribution in [0.5, 0.6) is 0 Å². The minimum Gasteiger partial charge on any atom is -0.312 e. The lowest BCUT2D eigenvalue weighted by atomic mass is 10.2. The fourth-order valence-electron chi connectivity index (χ4n) is 2.03. The zero-order chi connectivity index (χ0) is 15.5. The molecule has 112 valence electrons. The van der Waals surface area contributed by atoms with Gasteiger partial charge in [0, 0.05) is 25.3 Å². The highest BCUT2D eigenvalue weighted by Crippen LogP contribution is 2.30. The average Bonchev–Trinajstić information content (AvgIpc) is 2.46. The van der Waals surface area contributed by atoms with Crippen molar-refractivity contribution < 1.29 is 18.0 Å². The Bertz CT molecular complexity index is 567. The lowest BCUT2D eigenvalue weighted by Crippen LogP contribution is -2.54. The van der Waals surface area contributed by atoms with E-state index in [2.05, 4.69) is 10.6 Å². The first-order valence-corrected chi connectivity index (χ1v) is 6.27. The molecule has 2 N–H and O–H groups in total. The van der Waals surface area contributed by atoms with Gasteiger partial charge in [-0.2, -0.15) is 18.4 Å². The summed E-state index contributed by atoms with van der Waals surface area (Å²) in [5.74, 6) is 0. The van der Waals surface area contributed by atoms with Crippen LogP contribution in [0.1, 0.15) is 5.56 Å². The summed E-state index contributed by atoms with van der Waals surface area (Å²) in [5, 5.41) is 14.3. The number of rotatable bonds is 1. The Morgan fingerprint density at radius 1 is 1.48 bits per heavy atom. The molecule has 21 heavy (non-hydrogen) atoms. The third-order valence-electron chi connectivity index (χ3n) is 3.09. The van der Waals surface area contributed by atoms with Gasteiger partial charge in [0.05, 0.1) is 11.6 Å². The van der Waals surface area contributed by atoms with Crippen LogP contribution in [0, 0.1) is 11.3 Å². The van der Waals surface area contributed by atoms with Gasteiger partial charge in [-0.25, -0.2) is 4.79 Å². The van der Waals surface area contributed by atoms with E-state index in [0.717, 1.165) is 12.1 Å². The number of alkyl halides is 3. The molecule has 0 saturated carbocycles. The number of hydrogen-bond donors (Lipinski definition) is 2. The van der Waals surface area contributed by atoms with Crippen LogP contribution in [0.2, 0.25) is 0 Å². The van der Waals surface area contributed by atoms with Gasteiger partial charge in [-0.15, -0.1) is 0 Å². The number of amides is 2. The van der Waals surface area contributed by atoms with Crippen molar-refractivity contribution in [1.82, 2.24) is 10.2 Å². The first-order chi connectivity index (χ1) is 9.91. The third kappa shape index (κ3) is 3.64. The summed E-state index contributed by atoms with van der Waals surface area (Å²) < 4.78 is 37.8. The molecule has 0 radical (unpaired) electrons. The second-order valence-corrected chi connectivity index (χ2v) is 4.55. The van der Waals surface area contributed by atoms with Gasteiger partial charge in [-0.1, -0.05) is 6.07 Å². The number of carbonyl (C=O) groups excluding carboxylic acids is 1. The topological polar surface area (TPSA) is 68.2 Å². The van der Waals surface area contributed by atoms with Gasteiger partial charge in [-0.05, 0) is 18.2 Å². The summed E-state index contributed by atoms with van der Waals surface area (Å²) in [7, 11) is 0. The van der Waals surface area contributed by atoms with E-state index in [-0.39, 0.29) is 5.69 Å². The van der Waals surface area contributed by atoms with Crippen LogP contribution in [0.3, 0.4) is 0 Å². The van der Waals surface area contributed by atoms with E-state index in [1.165, 1.54) is 17.0 Å². The molecule has 1 saturated heterocycles. The molecule has 2 amide bonds. The molecule has 0 spiro atoms. The van der Waals surface area contributed by atoms with Gasteiger partial charge in [0.25, 0.3) is 0 Å². The van der Waals surface area contributed by atoms with E-state index in [9.17, 15) is 18.0 Å². The zero-order valence-electron chi connectivity index (χ0n) is 10.9. The normalized spacial score (nSPS) is 19.0. The Hall–Kier alpha value is -2.27. The number of anilines is 1. The molecular weight excluding hydrogens is 285 g/mol. The fourth-order valence-corrected chi connectivity index (χ4v) is 2.03.